The molecule has 0 atom stereocenters. The second kappa shape index (κ2) is 22.9. The molecule has 26 heavy (non-hydrogen) atoms. The van der Waals surface area contributed by atoms with Crippen molar-refractivity contribution in [3.8, 4) is 0 Å². The van der Waals surface area contributed by atoms with Crippen LogP contribution >= 0.6 is 11.8 Å². The zero-order valence-electron chi connectivity index (χ0n) is 18.0. The van der Waals surface area contributed by atoms with Crippen LogP contribution in [0.25, 0.3) is 0 Å². The van der Waals surface area contributed by atoms with Crippen LogP contribution in [0.1, 0.15) is 129 Å². The van der Waals surface area contributed by atoms with Crippen LogP contribution in [0.4, 0.5) is 4.79 Å². The van der Waals surface area contributed by atoms with Gasteiger partial charge in [-0.3, -0.25) is 4.79 Å². The zero-order chi connectivity index (χ0) is 19.1. The lowest BCUT2D eigenvalue weighted by Crippen LogP contribution is -2.19. The molecular weight excluding hydrogens is 338 g/mol. The summed E-state index contributed by atoms with van der Waals surface area (Å²) in [5.41, 5.74) is 0. The fourth-order valence-corrected chi connectivity index (χ4v) is 3.97. The van der Waals surface area contributed by atoms with Gasteiger partial charge >= 0.3 is 0 Å². The lowest BCUT2D eigenvalue weighted by atomic mass is 10.0. The Bertz CT molecular complexity index is 283. The SMILES string of the molecule is CCCCCCCCCCCCCCCCCCSC(=O)NCCCC. The Kier molecular flexibility index (Phi) is 22.7. The molecule has 0 spiro atoms. The summed E-state index contributed by atoms with van der Waals surface area (Å²) in [7, 11) is 0. The van der Waals surface area contributed by atoms with Crippen molar-refractivity contribution in [2.24, 2.45) is 0 Å². The highest BCUT2D eigenvalue weighted by Crippen LogP contribution is 2.14. The molecule has 1 N–H and O–H groups in total. The summed E-state index contributed by atoms with van der Waals surface area (Å²) in [6.45, 7) is 5.27. The van der Waals surface area contributed by atoms with Crippen molar-refractivity contribution in [3.05, 3.63) is 0 Å². The van der Waals surface area contributed by atoms with Crippen molar-refractivity contribution in [1.82, 2.24) is 5.32 Å². The summed E-state index contributed by atoms with van der Waals surface area (Å²) < 4.78 is 0. The molecule has 156 valence electrons. The molecule has 3 heteroatoms. The lowest BCUT2D eigenvalue weighted by Gasteiger charge is -2.04. The van der Waals surface area contributed by atoms with Gasteiger partial charge in [-0.2, -0.15) is 0 Å². The van der Waals surface area contributed by atoms with E-state index >= 15 is 0 Å². The predicted molar refractivity (Wildman–Crippen MR) is 120 cm³/mol. The molecule has 0 aromatic rings. The fourth-order valence-electron chi connectivity index (χ4n) is 3.23. The molecule has 1 amide bonds. The van der Waals surface area contributed by atoms with Crippen molar-refractivity contribution in [2.45, 2.75) is 129 Å². The topological polar surface area (TPSA) is 29.1 Å². The third kappa shape index (κ3) is 21.9. The first kappa shape index (κ1) is 25.8. The Labute approximate surface area is 169 Å². The molecule has 0 radical (unpaired) electrons. The first-order chi connectivity index (χ1) is 12.8. The maximum absolute atomic E-state index is 11.5. The average Bonchev–Trinajstić information content (AvgIpc) is 2.64. The summed E-state index contributed by atoms with van der Waals surface area (Å²) in [6.07, 6.45) is 24.6. The van der Waals surface area contributed by atoms with E-state index in [1.807, 2.05) is 0 Å². The molecule has 0 aromatic heterocycles. The highest BCUT2D eigenvalue weighted by molar-refractivity contribution is 8.13. The Morgan fingerprint density at radius 3 is 1.38 bits per heavy atom. The van der Waals surface area contributed by atoms with Gasteiger partial charge in [0.1, 0.15) is 0 Å². The zero-order valence-corrected chi connectivity index (χ0v) is 18.8. The van der Waals surface area contributed by atoms with Crippen molar-refractivity contribution in [1.29, 1.82) is 0 Å². The van der Waals surface area contributed by atoms with E-state index in [1.165, 1.54) is 114 Å². The van der Waals surface area contributed by atoms with Crippen LogP contribution in [-0.4, -0.2) is 17.5 Å². The normalized spacial score (nSPS) is 11.0. The number of carbonyl (C=O) groups is 1. The summed E-state index contributed by atoms with van der Waals surface area (Å²) in [5.74, 6) is 0.983. The summed E-state index contributed by atoms with van der Waals surface area (Å²) in [6, 6.07) is 0. The molecule has 0 saturated carbocycles. The molecule has 0 aromatic carbocycles. The van der Waals surface area contributed by atoms with Gasteiger partial charge in [0.05, 0.1) is 0 Å². The van der Waals surface area contributed by atoms with E-state index in [2.05, 4.69) is 19.2 Å². The smallest absolute Gasteiger partial charge is 0.279 e. The van der Waals surface area contributed by atoms with Gasteiger partial charge in [0.2, 0.25) is 0 Å². The van der Waals surface area contributed by atoms with E-state index < -0.39 is 0 Å². The summed E-state index contributed by atoms with van der Waals surface area (Å²) >= 11 is 1.46. The van der Waals surface area contributed by atoms with E-state index in [1.54, 1.807) is 0 Å². The van der Waals surface area contributed by atoms with Crippen molar-refractivity contribution >= 4 is 17.0 Å². The Morgan fingerprint density at radius 1 is 0.577 bits per heavy atom. The first-order valence-electron chi connectivity index (χ1n) is 11.7. The van der Waals surface area contributed by atoms with E-state index in [9.17, 15) is 4.79 Å². The highest BCUT2D eigenvalue weighted by Gasteiger charge is 2.00. The molecule has 0 rings (SSSR count). The molecule has 0 aliphatic rings. The van der Waals surface area contributed by atoms with Gasteiger partial charge in [0.15, 0.2) is 0 Å². The van der Waals surface area contributed by atoms with Gasteiger partial charge in [0, 0.05) is 12.3 Å². The van der Waals surface area contributed by atoms with Gasteiger partial charge < -0.3 is 5.32 Å². The third-order valence-corrected chi connectivity index (χ3v) is 5.93. The van der Waals surface area contributed by atoms with Crippen LogP contribution in [-0.2, 0) is 0 Å². The molecule has 0 unspecified atom stereocenters. The van der Waals surface area contributed by atoms with Gasteiger partial charge in [-0.05, 0) is 12.8 Å². The minimum atomic E-state index is 0.166. The van der Waals surface area contributed by atoms with Crippen molar-refractivity contribution < 1.29 is 4.79 Å². The summed E-state index contributed by atoms with van der Waals surface area (Å²) in [4.78, 5) is 11.5. The van der Waals surface area contributed by atoms with Gasteiger partial charge in [-0.1, -0.05) is 128 Å². The largest absolute Gasteiger partial charge is 0.347 e. The van der Waals surface area contributed by atoms with Crippen molar-refractivity contribution in [2.75, 3.05) is 12.3 Å². The maximum atomic E-state index is 11.5. The number of hydrogen-bond donors (Lipinski definition) is 1. The van der Waals surface area contributed by atoms with Gasteiger partial charge in [0.25, 0.3) is 5.24 Å². The predicted octanol–water partition coefficient (Wildman–Crippen LogP) is 8.49. The average molecular weight is 386 g/mol. The van der Waals surface area contributed by atoms with E-state index in [-0.39, 0.29) is 5.24 Å². The second-order valence-corrected chi connectivity index (χ2v) is 8.79. The molecule has 0 bridgehead atoms. The number of hydrogen-bond acceptors (Lipinski definition) is 2. The fraction of sp³-hybridized carbons (Fsp3) is 0.957. The lowest BCUT2D eigenvalue weighted by molar-refractivity contribution is 0.260. The third-order valence-electron chi connectivity index (χ3n) is 5.03. The number of amides is 1. The van der Waals surface area contributed by atoms with Gasteiger partial charge in [-0.15, -0.1) is 0 Å². The quantitative estimate of drug-likeness (QED) is 0.213. The van der Waals surface area contributed by atoms with Crippen LogP contribution in [0, 0.1) is 0 Å². The highest BCUT2D eigenvalue weighted by atomic mass is 32.2. The van der Waals surface area contributed by atoms with Crippen LogP contribution in [0.15, 0.2) is 0 Å². The molecule has 0 fully saturated rings. The van der Waals surface area contributed by atoms with E-state index in [0.717, 1.165) is 25.1 Å². The molecule has 0 saturated heterocycles. The maximum Gasteiger partial charge on any atom is 0.279 e. The number of unbranched alkanes of at least 4 members (excludes halogenated alkanes) is 16. The monoisotopic (exact) mass is 385 g/mol. The van der Waals surface area contributed by atoms with Gasteiger partial charge in [-0.25, -0.2) is 0 Å². The first-order valence-corrected chi connectivity index (χ1v) is 12.7. The van der Waals surface area contributed by atoms with Crippen LogP contribution in [0.2, 0.25) is 0 Å². The minimum Gasteiger partial charge on any atom is -0.347 e. The van der Waals surface area contributed by atoms with Crippen LogP contribution in [0.3, 0.4) is 0 Å². The van der Waals surface area contributed by atoms with Crippen LogP contribution in [0.5, 0.6) is 0 Å². The van der Waals surface area contributed by atoms with Crippen LogP contribution < -0.4 is 5.32 Å². The number of carbonyl (C=O) groups excluding carboxylic acids is 1. The molecule has 0 aliphatic carbocycles. The Balaban J connectivity index is 3.06. The molecule has 2 nitrogen and oxygen atoms in total. The standard InChI is InChI=1S/C23H47NOS/c1-3-5-7-8-9-10-11-12-13-14-15-16-17-18-19-20-22-26-23(25)24-21-6-4-2/h3-22H2,1-2H3,(H,24,25). The van der Waals surface area contributed by atoms with E-state index in [4.69, 9.17) is 0 Å². The molecule has 0 aliphatic heterocycles. The molecule has 0 heterocycles. The number of rotatable bonds is 20. The molecular formula is C23H47NOS. The summed E-state index contributed by atoms with van der Waals surface area (Å²) in [5, 5.41) is 3.13. The Morgan fingerprint density at radius 2 is 0.962 bits per heavy atom. The number of nitrogens with one attached hydrogen (secondary N) is 1. The second-order valence-electron chi connectivity index (χ2n) is 7.72. The Hall–Kier alpha value is -0.180. The van der Waals surface area contributed by atoms with E-state index in [0.29, 0.717) is 0 Å². The minimum absolute atomic E-state index is 0.166. The van der Waals surface area contributed by atoms with Crippen molar-refractivity contribution in [3.63, 3.8) is 0 Å². The number of thioether (sulfide) groups is 1.